The predicted molar refractivity (Wildman–Crippen MR) is 59.8 cm³/mol. The Labute approximate surface area is 90.5 Å². The van der Waals surface area contributed by atoms with Crippen LogP contribution >= 0.6 is 0 Å². The number of aryl methyl sites for hydroxylation is 2. The first kappa shape index (κ1) is 9.40. The maximum atomic E-state index is 6.11. The van der Waals surface area contributed by atoms with Gasteiger partial charge in [-0.25, -0.2) is 4.98 Å². The molecule has 0 saturated heterocycles. The smallest absolute Gasteiger partial charge is 0.111 e. The van der Waals surface area contributed by atoms with Crippen molar-refractivity contribution in [1.82, 2.24) is 9.97 Å². The number of hydrogen-bond donors (Lipinski definition) is 2. The van der Waals surface area contributed by atoms with Crippen molar-refractivity contribution in [2.45, 2.75) is 56.9 Å². The lowest BCUT2D eigenvalue weighted by Crippen LogP contribution is -2.23. The summed E-state index contributed by atoms with van der Waals surface area (Å²) in [6.45, 7) is 0. The van der Waals surface area contributed by atoms with Crippen LogP contribution in [-0.2, 0) is 12.8 Å². The third-order valence-corrected chi connectivity index (χ3v) is 3.89. The van der Waals surface area contributed by atoms with Crippen LogP contribution < -0.4 is 5.73 Å². The van der Waals surface area contributed by atoms with Gasteiger partial charge in [-0.2, -0.15) is 0 Å². The Bertz CT molecular complexity index is 332. The molecule has 0 aromatic carbocycles. The highest BCUT2D eigenvalue weighted by Gasteiger charge is 2.29. The van der Waals surface area contributed by atoms with E-state index >= 15 is 0 Å². The van der Waals surface area contributed by atoms with Crippen LogP contribution in [0, 0.1) is 0 Å². The van der Waals surface area contributed by atoms with Crippen LogP contribution in [0.25, 0.3) is 0 Å². The monoisotopic (exact) mass is 205 g/mol. The molecule has 2 aliphatic rings. The van der Waals surface area contributed by atoms with Crippen LogP contribution in [0.15, 0.2) is 0 Å². The Morgan fingerprint density at radius 3 is 2.73 bits per heavy atom. The van der Waals surface area contributed by atoms with Crippen molar-refractivity contribution >= 4 is 0 Å². The van der Waals surface area contributed by atoms with Crippen LogP contribution in [0.5, 0.6) is 0 Å². The highest BCUT2D eigenvalue weighted by atomic mass is 15.0. The SMILES string of the molecule is NC1CCCC1c1nc2c([nH]1)CCCC2. The second-order valence-electron chi connectivity index (χ2n) is 4.96. The summed E-state index contributed by atoms with van der Waals surface area (Å²) in [5.41, 5.74) is 8.81. The molecule has 2 unspecified atom stereocenters. The number of fused-ring (bicyclic) bond motifs is 1. The Morgan fingerprint density at radius 2 is 2.00 bits per heavy atom. The number of rotatable bonds is 1. The average molecular weight is 205 g/mol. The van der Waals surface area contributed by atoms with Crippen LogP contribution in [0.4, 0.5) is 0 Å². The summed E-state index contributed by atoms with van der Waals surface area (Å²) in [4.78, 5) is 8.26. The van der Waals surface area contributed by atoms with E-state index in [1.165, 1.54) is 49.3 Å². The average Bonchev–Trinajstić information content (AvgIpc) is 2.82. The van der Waals surface area contributed by atoms with Crippen molar-refractivity contribution in [1.29, 1.82) is 0 Å². The lowest BCUT2D eigenvalue weighted by molar-refractivity contribution is 0.585. The maximum absolute atomic E-state index is 6.11. The van der Waals surface area contributed by atoms with E-state index in [1.807, 2.05) is 0 Å². The van der Waals surface area contributed by atoms with Gasteiger partial charge in [0.2, 0.25) is 0 Å². The topological polar surface area (TPSA) is 54.7 Å². The van der Waals surface area contributed by atoms with Crippen LogP contribution in [0.1, 0.15) is 55.2 Å². The zero-order valence-corrected chi connectivity index (χ0v) is 9.13. The van der Waals surface area contributed by atoms with Crippen molar-refractivity contribution in [3.63, 3.8) is 0 Å². The number of hydrogen-bond acceptors (Lipinski definition) is 2. The summed E-state index contributed by atoms with van der Waals surface area (Å²) in [6, 6.07) is 0.331. The molecule has 3 N–H and O–H groups in total. The molecule has 2 aliphatic carbocycles. The number of aromatic amines is 1. The van der Waals surface area contributed by atoms with Gasteiger partial charge in [0.25, 0.3) is 0 Å². The fourth-order valence-electron chi connectivity index (χ4n) is 2.98. The van der Waals surface area contributed by atoms with Crippen molar-refractivity contribution < 1.29 is 0 Å². The highest BCUT2D eigenvalue weighted by Crippen LogP contribution is 2.33. The van der Waals surface area contributed by atoms with Crippen LogP contribution in [0.3, 0.4) is 0 Å². The van der Waals surface area contributed by atoms with Gasteiger partial charge in [0.1, 0.15) is 5.82 Å². The molecule has 1 fully saturated rings. The van der Waals surface area contributed by atoms with E-state index in [0.29, 0.717) is 12.0 Å². The summed E-state index contributed by atoms with van der Waals surface area (Å²) in [7, 11) is 0. The minimum absolute atomic E-state index is 0.331. The number of nitrogens with zero attached hydrogens (tertiary/aromatic N) is 1. The number of nitrogens with two attached hydrogens (primary N) is 1. The van der Waals surface area contributed by atoms with Gasteiger partial charge in [0.05, 0.1) is 5.69 Å². The number of imidazole rings is 1. The van der Waals surface area contributed by atoms with Gasteiger partial charge in [-0.15, -0.1) is 0 Å². The van der Waals surface area contributed by atoms with E-state index in [9.17, 15) is 0 Å². The van der Waals surface area contributed by atoms with Gasteiger partial charge in [-0.1, -0.05) is 6.42 Å². The van der Waals surface area contributed by atoms with E-state index in [0.717, 1.165) is 12.8 Å². The molecule has 1 aromatic heterocycles. The Hall–Kier alpha value is -0.830. The molecule has 15 heavy (non-hydrogen) atoms. The third-order valence-electron chi connectivity index (χ3n) is 3.89. The molecule has 3 nitrogen and oxygen atoms in total. The fraction of sp³-hybridized carbons (Fsp3) is 0.750. The molecule has 82 valence electrons. The summed E-state index contributed by atoms with van der Waals surface area (Å²) < 4.78 is 0. The molecule has 3 rings (SSSR count). The zero-order valence-electron chi connectivity index (χ0n) is 9.13. The zero-order chi connectivity index (χ0) is 10.3. The first-order valence-corrected chi connectivity index (χ1v) is 6.18. The first-order chi connectivity index (χ1) is 7.34. The Kier molecular flexibility index (Phi) is 2.28. The summed E-state index contributed by atoms with van der Waals surface area (Å²) in [5, 5.41) is 0. The molecule has 1 heterocycles. The third kappa shape index (κ3) is 1.59. The predicted octanol–water partition coefficient (Wildman–Crippen LogP) is 1.88. The van der Waals surface area contributed by atoms with Gasteiger partial charge in [-0.05, 0) is 38.5 Å². The van der Waals surface area contributed by atoms with E-state index in [1.54, 1.807) is 0 Å². The summed E-state index contributed by atoms with van der Waals surface area (Å²) >= 11 is 0. The summed E-state index contributed by atoms with van der Waals surface area (Å²) in [5.74, 6) is 1.67. The lowest BCUT2D eigenvalue weighted by atomic mass is 10.0. The molecule has 0 radical (unpaired) electrons. The second kappa shape index (κ2) is 3.63. The van der Waals surface area contributed by atoms with Gasteiger partial charge in [-0.3, -0.25) is 0 Å². The molecular weight excluding hydrogens is 186 g/mol. The minimum atomic E-state index is 0.331. The molecule has 3 heteroatoms. The van der Waals surface area contributed by atoms with Crippen molar-refractivity contribution in [3.8, 4) is 0 Å². The number of nitrogens with one attached hydrogen (secondary N) is 1. The number of H-pyrrole nitrogens is 1. The number of aromatic nitrogens is 2. The molecule has 0 amide bonds. The normalized spacial score (nSPS) is 30.5. The molecule has 0 aliphatic heterocycles. The first-order valence-electron chi connectivity index (χ1n) is 6.18. The quantitative estimate of drug-likeness (QED) is 0.735. The fourth-order valence-corrected chi connectivity index (χ4v) is 2.98. The minimum Gasteiger partial charge on any atom is -0.345 e. The van der Waals surface area contributed by atoms with E-state index in [-0.39, 0.29) is 0 Å². The van der Waals surface area contributed by atoms with Crippen LogP contribution in [-0.4, -0.2) is 16.0 Å². The van der Waals surface area contributed by atoms with Crippen LogP contribution in [0.2, 0.25) is 0 Å². The highest BCUT2D eigenvalue weighted by molar-refractivity contribution is 5.20. The second-order valence-corrected chi connectivity index (χ2v) is 4.96. The molecular formula is C12H19N3. The van der Waals surface area contributed by atoms with Gasteiger partial charge < -0.3 is 10.7 Å². The Morgan fingerprint density at radius 1 is 1.13 bits per heavy atom. The standard InChI is InChI=1S/C12H19N3/c13-9-5-3-4-8(9)12-14-10-6-1-2-7-11(10)15-12/h8-9H,1-7,13H2,(H,14,15). The van der Waals surface area contributed by atoms with Gasteiger partial charge in [0.15, 0.2) is 0 Å². The van der Waals surface area contributed by atoms with E-state index in [2.05, 4.69) is 4.98 Å². The molecule has 2 atom stereocenters. The molecule has 0 spiro atoms. The van der Waals surface area contributed by atoms with Crippen molar-refractivity contribution in [2.75, 3.05) is 0 Å². The largest absolute Gasteiger partial charge is 0.345 e. The van der Waals surface area contributed by atoms with Crippen molar-refractivity contribution in [2.24, 2.45) is 5.73 Å². The maximum Gasteiger partial charge on any atom is 0.111 e. The Balaban J connectivity index is 1.88. The van der Waals surface area contributed by atoms with E-state index in [4.69, 9.17) is 10.7 Å². The summed E-state index contributed by atoms with van der Waals surface area (Å²) in [6.07, 6.45) is 8.60. The van der Waals surface area contributed by atoms with Gasteiger partial charge in [0, 0.05) is 17.7 Å². The van der Waals surface area contributed by atoms with E-state index < -0.39 is 0 Å². The lowest BCUT2D eigenvalue weighted by Gasteiger charge is -2.11. The van der Waals surface area contributed by atoms with Gasteiger partial charge >= 0.3 is 0 Å². The molecule has 1 saturated carbocycles. The molecule has 0 bridgehead atoms. The van der Waals surface area contributed by atoms with Crippen molar-refractivity contribution in [3.05, 3.63) is 17.2 Å². The molecule has 1 aromatic rings.